The van der Waals surface area contributed by atoms with Crippen LogP contribution >= 0.6 is 11.6 Å². The summed E-state index contributed by atoms with van der Waals surface area (Å²) in [6.45, 7) is 0.681. The molecule has 0 unspecified atom stereocenters. The van der Waals surface area contributed by atoms with E-state index in [9.17, 15) is 0 Å². The molecule has 2 N–H and O–H groups in total. The van der Waals surface area contributed by atoms with Gasteiger partial charge in [-0.3, -0.25) is 0 Å². The fraction of sp³-hybridized carbons (Fsp3) is 0.167. The van der Waals surface area contributed by atoms with Gasteiger partial charge in [0.15, 0.2) is 5.82 Å². The molecule has 0 bridgehead atoms. The topological polar surface area (TPSA) is 72.0 Å². The molecular formula is C18H18ClN5O. The number of benzene rings is 2. The number of halogens is 1. The van der Waals surface area contributed by atoms with E-state index in [-0.39, 0.29) is 0 Å². The van der Waals surface area contributed by atoms with Gasteiger partial charge in [0.05, 0.1) is 19.0 Å². The minimum Gasteiger partial charge on any atom is -0.495 e. The van der Waals surface area contributed by atoms with Crippen molar-refractivity contribution in [3.05, 3.63) is 65.3 Å². The monoisotopic (exact) mass is 355 g/mol. The Labute approximate surface area is 151 Å². The van der Waals surface area contributed by atoms with E-state index in [1.54, 1.807) is 13.3 Å². The Morgan fingerprint density at radius 3 is 2.84 bits per heavy atom. The highest BCUT2D eigenvalue weighted by Gasteiger charge is 2.05. The quantitative estimate of drug-likeness (QED) is 0.669. The average molecular weight is 356 g/mol. The van der Waals surface area contributed by atoms with Crippen molar-refractivity contribution in [2.75, 3.05) is 24.3 Å². The SMILES string of the molecule is COc1ccccc1Nc1cnnc(NCCc2cccc(Cl)c2)n1. The number of hydrogen-bond acceptors (Lipinski definition) is 6. The third-order valence-corrected chi connectivity index (χ3v) is 3.75. The lowest BCUT2D eigenvalue weighted by Crippen LogP contribution is -2.09. The Kier molecular flexibility index (Phi) is 5.64. The van der Waals surface area contributed by atoms with E-state index in [0.717, 1.165) is 28.4 Å². The zero-order valence-corrected chi connectivity index (χ0v) is 14.5. The molecule has 0 aliphatic heterocycles. The van der Waals surface area contributed by atoms with Gasteiger partial charge in [0.2, 0.25) is 5.95 Å². The second kappa shape index (κ2) is 8.30. The van der Waals surface area contributed by atoms with Crippen LogP contribution in [0, 0.1) is 0 Å². The summed E-state index contributed by atoms with van der Waals surface area (Å²) >= 11 is 5.99. The molecule has 2 aromatic carbocycles. The first-order valence-corrected chi connectivity index (χ1v) is 8.20. The van der Waals surface area contributed by atoms with Gasteiger partial charge in [0.1, 0.15) is 5.75 Å². The lowest BCUT2D eigenvalue weighted by atomic mass is 10.1. The predicted molar refractivity (Wildman–Crippen MR) is 99.7 cm³/mol. The average Bonchev–Trinajstić information content (AvgIpc) is 2.63. The number of aromatic nitrogens is 3. The summed E-state index contributed by atoms with van der Waals surface area (Å²) in [6, 6.07) is 15.4. The second-order valence-electron chi connectivity index (χ2n) is 5.30. The van der Waals surface area contributed by atoms with Crippen LogP contribution in [0.25, 0.3) is 0 Å². The highest BCUT2D eigenvalue weighted by molar-refractivity contribution is 6.30. The number of nitrogens with one attached hydrogen (secondary N) is 2. The Bertz CT molecular complexity index is 843. The number of rotatable bonds is 7. The summed E-state index contributed by atoms with van der Waals surface area (Å²) in [5.41, 5.74) is 1.96. The van der Waals surface area contributed by atoms with Crippen LogP contribution < -0.4 is 15.4 Å². The Morgan fingerprint density at radius 1 is 1.12 bits per heavy atom. The molecule has 0 saturated carbocycles. The third kappa shape index (κ3) is 4.81. The molecule has 0 fully saturated rings. The molecule has 0 amide bonds. The van der Waals surface area contributed by atoms with E-state index in [4.69, 9.17) is 16.3 Å². The molecule has 0 aliphatic carbocycles. The van der Waals surface area contributed by atoms with Crippen molar-refractivity contribution in [2.24, 2.45) is 0 Å². The largest absolute Gasteiger partial charge is 0.495 e. The molecule has 1 aromatic heterocycles. The van der Waals surface area contributed by atoms with Crippen molar-refractivity contribution in [3.8, 4) is 5.75 Å². The maximum absolute atomic E-state index is 5.99. The fourth-order valence-corrected chi connectivity index (χ4v) is 2.55. The first-order chi connectivity index (χ1) is 12.2. The minimum atomic E-state index is 0.460. The second-order valence-corrected chi connectivity index (χ2v) is 5.73. The Hall–Kier alpha value is -2.86. The summed E-state index contributed by atoms with van der Waals surface area (Å²) < 4.78 is 5.32. The lowest BCUT2D eigenvalue weighted by Gasteiger charge is -2.10. The molecule has 25 heavy (non-hydrogen) atoms. The molecule has 1 heterocycles. The van der Waals surface area contributed by atoms with Crippen LogP contribution in [0.2, 0.25) is 5.02 Å². The summed E-state index contributed by atoms with van der Waals surface area (Å²) in [4.78, 5) is 4.41. The number of ether oxygens (including phenoxy) is 1. The number of hydrogen-bond donors (Lipinski definition) is 2. The molecule has 0 radical (unpaired) electrons. The molecule has 7 heteroatoms. The van der Waals surface area contributed by atoms with Crippen molar-refractivity contribution >= 4 is 29.1 Å². The van der Waals surface area contributed by atoms with Crippen LogP contribution in [0.3, 0.4) is 0 Å². The molecule has 128 valence electrons. The number of para-hydroxylation sites is 2. The predicted octanol–water partition coefficient (Wildman–Crippen LogP) is 3.93. The lowest BCUT2D eigenvalue weighted by molar-refractivity contribution is 0.417. The molecule has 0 atom stereocenters. The van der Waals surface area contributed by atoms with Gasteiger partial charge in [-0.15, -0.1) is 5.10 Å². The molecule has 3 rings (SSSR count). The van der Waals surface area contributed by atoms with Crippen molar-refractivity contribution in [3.63, 3.8) is 0 Å². The molecule has 0 aliphatic rings. The van der Waals surface area contributed by atoms with Crippen molar-refractivity contribution < 1.29 is 4.74 Å². The van der Waals surface area contributed by atoms with E-state index in [1.165, 1.54) is 0 Å². The van der Waals surface area contributed by atoms with Crippen molar-refractivity contribution in [1.82, 2.24) is 15.2 Å². The highest BCUT2D eigenvalue weighted by atomic mass is 35.5. The van der Waals surface area contributed by atoms with Crippen LogP contribution in [0.5, 0.6) is 5.75 Å². The Balaban J connectivity index is 1.61. The molecule has 6 nitrogen and oxygen atoms in total. The standard InChI is InChI=1S/C18H18ClN5O/c1-25-16-8-3-2-7-15(16)22-17-12-21-24-18(23-17)20-10-9-13-5-4-6-14(19)11-13/h2-8,11-12H,9-10H2,1H3,(H2,20,22,23,24). The Morgan fingerprint density at radius 2 is 2.00 bits per heavy atom. The molecule has 0 spiro atoms. The maximum Gasteiger partial charge on any atom is 0.244 e. The van der Waals surface area contributed by atoms with Crippen molar-refractivity contribution in [2.45, 2.75) is 6.42 Å². The smallest absolute Gasteiger partial charge is 0.244 e. The summed E-state index contributed by atoms with van der Waals surface area (Å²) in [5.74, 6) is 1.78. The number of methoxy groups -OCH3 is 1. The van der Waals surface area contributed by atoms with Gasteiger partial charge in [0, 0.05) is 11.6 Å². The van der Waals surface area contributed by atoms with Gasteiger partial charge in [-0.2, -0.15) is 10.1 Å². The van der Waals surface area contributed by atoms with Crippen LogP contribution in [0.1, 0.15) is 5.56 Å². The summed E-state index contributed by atoms with van der Waals surface area (Å²) in [7, 11) is 1.63. The summed E-state index contributed by atoms with van der Waals surface area (Å²) in [6.07, 6.45) is 2.38. The van der Waals surface area contributed by atoms with Crippen LogP contribution in [0.15, 0.2) is 54.7 Å². The van der Waals surface area contributed by atoms with Gasteiger partial charge in [0.25, 0.3) is 0 Å². The van der Waals surface area contributed by atoms with E-state index >= 15 is 0 Å². The van der Waals surface area contributed by atoms with Gasteiger partial charge >= 0.3 is 0 Å². The zero-order valence-electron chi connectivity index (χ0n) is 13.7. The van der Waals surface area contributed by atoms with Crippen LogP contribution in [0.4, 0.5) is 17.5 Å². The van der Waals surface area contributed by atoms with Crippen LogP contribution in [-0.2, 0) is 6.42 Å². The maximum atomic E-state index is 5.99. The van der Waals surface area contributed by atoms with Crippen molar-refractivity contribution in [1.29, 1.82) is 0 Å². The third-order valence-electron chi connectivity index (χ3n) is 3.51. The van der Waals surface area contributed by atoms with Gasteiger partial charge in [-0.25, -0.2) is 0 Å². The van der Waals surface area contributed by atoms with Gasteiger partial charge < -0.3 is 15.4 Å². The van der Waals surface area contributed by atoms with E-state index in [0.29, 0.717) is 18.3 Å². The molecule has 3 aromatic rings. The first-order valence-electron chi connectivity index (χ1n) is 7.82. The first kappa shape index (κ1) is 17.0. The number of anilines is 3. The molecular weight excluding hydrogens is 338 g/mol. The van der Waals surface area contributed by atoms with Gasteiger partial charge in [-0.1, -0.05) is 35.9 Å². The normalized spacial score (nSPS) is 10.3. The van der Waals surface area contributed by atoms with E-state index in [2.05, 4.69) is 25.8 Å². The molecule has 0 saturated heterocycles. The fourth-order valence-electron chi connectivity index (χ4n) is 2.34. The van der Waals surface area contributed by atoms with Crippen LogP contribution in [-0.4, -0.2) is 28.8 Å². The van der Waals surface area contributed by atoms with E-state index < -0.39 is 0 Å². The zero-order chi connectivity index (χ0) is 17.5. The highest BCUT2D eigenvalue weighted by Crippen LogP contribution is 2.25. The summed E-state index contributed by atoms with van der Waals surface area (Å²) in [5, 5.41) is 15.1. The van der Waals surface area contributed by atoms with E-state index in [1.807, 2.05) is 48.5 Å². The minimum absolute atomic E-state index is 0.460. The number of nitrogens with zero attached hydrogens (tertiary/aromatic N) is 3. The van der Waals surface area contributed by atoms with Gasteiger partial charge in [-0.05, 0) is 36.2 Å².